The molecule has 1 aromatic carbocycles. The van der Waals surface area contributed by atoms with Gasteiger partial charge in [-0.15, -0.1) is 0 Å². The Kier molecular flexibility index (Phi) is 3.54. The van der Waals surface area contributed by atoms with Gasteiger partial charge >= 0.3 is 0 Å². The minimum atomic E-state index is 0.165. The number of rotatable bonds is 4. The van der Waals surface area contributed by atoms with Gasteiger partial charge < -0.3 is 9.84 Å². The molecule has 0 unspecified atom stereocenters. The van der Waals surface area contributed by atoms with Crippen LogP contribution >= 0.6 is 0 Å². The predicted molar refractivity (Wildman–Crippen MR) is 66.2 cm³/mol. The molecular formula is C13H16N2O2. The van der Waals surface area contributed by atoms with Gasteiger partial charge in [-0.2, -0.15) is 0 Å². The summed E-state index contributed by atoms with van der Waals surface area (Å²) in [6, 6.07) is 5.79. The summed E-state index contributed by atoms with van der Waals surface area (Å²) in [5, 5.41) is 9.86. The average molecular weight is 232 g/mol. The SMILES string of the molecule is COc1ccc2c(C)nc(CCCO)nc2c1. The lowest BCUT2D eigenvalue weighted by Crippen LogP contribution is -2.00. The summed E-state index contributed by atoms with van der Waals surface area (Å²) in [7, 11) is 1.64. The van der Waals surface area contributed by atoms with Gasteiger partial charge in [-0.05, 0) is 25.5 Å². The Bertz CT molecular complexity index is 526. The van der Waals surface area contributed by atoms with Crippen LogP contribution in [0.5, 0.6) is 5.75 Å². The number of aliphatic hydroxyl groups excluding tert-OH is 1. The van der Waals surface area contributed by atoms with E-state index < -0.39 is 0 Å². The Hall–Kier alpha value is -1.68. The number of methoxy groups -OCH3 is 1. The summed E-state index contributed by atoms with van der Waals surface area (Å²) in [5.74, 6) is 1.57. The summed E-state index contributed by atoms with van der Waals surface area (Å²) in [5.41, 5.74) is 1.86. The Morgan fingerprint density at radius 2 is 2.12 bits per heavy atom. The highest BCUT2D eigenvalue weighted by molar-refractivity contribution is 5.82. The molecular weight excluding hydrogens is 216 g/mol. The van der Waals surface area contributed by atoms with Crippen LogP contribution in [0.4, 0.5) is 0 Å². The lowest BCUT2D eigenvalue weighted by molar-refractivity contribution is 0.287. The van der Waals surface area contributed by atoms with Gasteiger partial charge in [-0.25, -0.2) is 9.97 Å². The molecule has 1 aromatic heterocycles. The molecule has 0 aliphatic rings. The van der Waals surface area contributed by atoms with E-state index in [4.69, 9.17) is 9.84 Å². The zero-order valence-corrected chi connectivity index (χ0v) is 10.1. The van der Waals surface area contributed by atoms with Crippen LogP contribution < -0.4 is 4.74 Å². The van der Waals surface area contributed by atoms with Gasteiger partial charge in [0.2, 0.25) is 0 Å². The summed E-state index contributed by atoms with van der Waals surface area (Å²) >= 11 is 0. The van der Waals surface area contributed by atoms with E-state index in [0.29, 0.717) is 12.8 Å². The van der Waals surface area contributed by atoms with E-state index >= 15 is 0 Å². The van der Waals surface area contributed by atoms with Crippen LogP contribution in [-0.4, -0.2) is 28.8 Å². The molecule has 1 N–H and O–H groups in total. The standard InChI is InChI=1S/C13H16N2O2/c1-9-11-6-5-10(17-2)8-12(11)15-13(14-9)4-3-7-16/h5-6,8,16H,3-4,7H2,1-2H3. The van der Waals surface area contributed by atoms with Crippen molar-refractivity contribution in [2.24, 2.45) is 0 Å². The quantitative estimate of drug-likeness (QED) is 0.874. The van der Waals surface area contributed by atoms with Crippen molar-refractivity contribution in [3.05, 3.63) is 29.7 Å². The number of aromatic nitrogens is 2. The van der Waals surface area contributed by atoms with Crippen molar-refractivity contribution < 1.29 is 9.84 Å². The normalized spacial score (nSPS) is 10.8. The van der Waals surface area contributed by atoms with Crippen molar-refractivity contribution in [2.75, 3.05) is 13.7 Å². The van der Waals surface area contributed by atoms with E-state index in [1.54, 1.807) is 7.11 Å². The van der Waals surface area contributed by atoms with Gasteiger partial charge in [0.25, 0.3) is 0 Å². The van der Waals surface area contributed by atoms with Crippen molar-refractivity contribution in [3.63, 3.8) is 0 Å². The van der Waals surface area contributed by atoms with Crippen molar-refractivity contribution >= 4 is 10.9 Å². The first-order valence-electron chi connectivity index (χ1n) is 5.66. The van der Waals surface area contributed by atoms with E-state index in [2.05, 4.69) is 9.97 Å². The van der Waals surface area contributed by atoms with Crippen molar-refractivity contribution in [1.29, 1.82) is 0 Å². The third kappa shape index (κ3) is 2.53. The van der Waals surface area contributed by atoms with Crippen LogP contribution in [0.1, 0.15) is 17.9 Å². The number of ether oxygens (including phenoxy) is 1. The molecule has 0 aliphatic heterocycles. The smallest absolute Gasteiger partial charge is 0.129 e. The number of hydrogen-bond acceptors (Lipinski definition) is 4. The topological polar surface area (TPSA) is 55.2 Å². The van der Waals surface area contributed by atoms with Crippen molar-refractivity contribution in [2.45, 2.75) is 19.8 Å². The maximum absolute atomic E-state index is 8.82. The number of benzene rings is 1. The lowest BCUT2D eigenvalue weighted by Gasteiger charge is -2.06. The minimum Gasteiger partial charge on any atom is -0.497 e. The highest BCUT2D eigenvalue weighted by Crippen LogP contribution is 2.21. The molecule has 0 saturated carbocycles. The molecule has 0 spiro atoms. The minimum absolute atomic E-state index is 0.165. The summed E-state index contributed by atoms with van der Waals surface area (Å²) in [6.45, 7) is 2.14. The third-order valence-electron chi connectivity index (χ3n) is 2.70. The third-order valence-corrected chi connectivity index (χ3v) is 2.70. The van der Waals surface area contributed by atoms with Crippen LogP contribution in [0.3, 0.4) is 0 Å². The van der Waals surface area contributed by atoms with E-state index in [0.717, 1.165) is 28.2 Å². The number of hydrogen-bond donors (Lipinski definition) is 1. The van der Waals surface area contributed by atoms with Crippen LogP contribution in [0.25, 0.3) is 10.9 Å². The average Bonchev–Trinajstić information content (AvgIpc) is 2.35. The first-order valence-corrected chi connectivity index (χ1v) is 5.66. The highest BCUT2D eigenvalue weighted by Gasteiger charge is 2.05. The van der Waals surface area contributed by atoms with E-state index in [-0.39, 0.29) is 6.61 Å². The van der Waals surface area contributed by atoms with Gasteiger partial charge in [0.15, 0.2) is 0 Å². The second-order valence-corrected chi connectivity index (χ2v) is 3.94. The van der Waals surface area contributed by atoms with E-state index in [1.807, 2.05) is 25.1 Å². The van der Waals surface area contributed by atoms with E-state index in [9.17, 15) is 0 Å². The zero-order valence-electron chi connectivity index (χ0n) is 10.1. The number of nitrogens with zero attached hydrogens (tertiary/aromatic N) is 2. The van der Waals surface area contributed by atoms with Gasteiger partial charge in [-0.3, -0.25) is 0 Å². The predicted octanol–water partition coefficient (Wildman–Crippen LogP) is 1.87. The summed E-state index contributed by atoms with van der Waals surface area (Å²) in [6.07, 6.45) is 1.39. The van der Waals surface area contributed by atoms with Crippen LogP contribution in [0.2, 0.25) is 0 Å². The molecule has 2 aromatic rings. The molecule has 0 amide bonds. The van der Waals surface area contributed by atoms with Crippen molar-refractivity contribution in [1.82, 2.24) is 9.97 Å². The number of fused-ring (bicyclic) bond motifs is 1. The molecule has 0 atom stereocenters. The summed E-state index contributed by atoms with van der Waals surface area (Å²) < 4.78 is 5.18. The largest absolute Gasteiger partial charge is 0.497 e. The van der Waals surface area contributed by atoms with Crippen LogP contribution in [0.15, 0.2) is 18.2 Å². The van der Waals surface area contributed by atoms with Crippen LogP contribution in [-0.2, 0) is 6.42 Å². The molecule has 0 aliphatic carbocycles. The highest BCUT2D eigenvalue weighted by atomic mass is 16.5. The molecule has 0 fully saturated rings. The number of aryl methyl sites for hydroxylation is 2. The molecule has 0 bridgehead atoms. The van der Waals surface area contributed by atoms with Gasteiger partial charge in [0.1, 0.15) is 11.6 Å². The Balaban J connectivity index is 2.46. The zero-order chi connectivity index (χ0) is 12.3. The van der Waals surface area contributed by atoms with E-state index in [1.165, 1.54) is 0 Å². The molecule has 4 nitrogen and oxygen atoms in total. The van der Waals surface area contributed by atoms with Gasteiger partial charge in [0.05, 0.1) is 12.6 Å². The van der Waals surface area contributed by atoms with Crippen molar-refractivity contribution in [3.8, 4) is 5.75 Å². The monoisotopic (exact) mass is 232 g/mol. The first kappa shape index (κ1) is 11.8. The molecule has 90 valence electrons. The molecule has 2 rings (SSSR count). The Morgan fingerprint density at radius 1 is 1.29 bits per heavy atom. The first-order chi connectivity index (χ1) is 8.24. The molecule has 17 heavy (non-hydrogen) atoms. The fraction of sp³-hybridized carbons (Fsp3) is 0.385. The lowest BCUT2D eigenvalue weighted by atomic mass is 10.1. The summed E-state index contributed by atoms with van der Waals surface area (Å²) in [4.78, 5) is 8.91. The maximum Gasteiger partial charge on any atom is 0.129 e. The molecule has 1 heterocycles. The fourth-order valence-electron chi connectivity index (χ4n) is 1.80. The second-order valence-electron chi connectivity index (χ2n) is 3.94. The second kappa shape index (κ2) is 5.10. The van der Waals surface area contributed by atoms with Gasteiger partial charge in [0, 0.05) is 30.2 Å². The van der Waals surface area contributed by atoms with Gasteiger partial charge in [-0.1, -0.05) is 0 Å². The Morgan fingerprint density at radius 3 is 2.82 bits per heavy atom. The molecule has 0 radical (unpaired) electrons. The molecule has 4 heteroatoms. The molecule has 0 saturated heterocycles. The fourth-order valence-corrected chi connectivity index (χ4v) is 1.80. The van der Waals surface area contributed by atoms with Crippen LogP contribution in [0, 0.1) is 6.92 Å². The maximum atomic E-state index is 8.82. The Labute approximate surface area is 100 Å². The number of aliphatic hydroxyl groups is 1.